The van der Waals surface area contributed by atoms with Gasteiger partial charge < -0.3 is 13.8 Å². The van der Waals surface area contributed by atoms with E-state index in [4.69, 9.17) is 0 Å². The van der Waals surface area contributed by atoms with Gasteiger partial charge in [-0.1, -0.05) is 39.5 Å². The molecule has 0 aromatic heterocycles. The van der Waals surface area contributed by atoms with Crippen LogP contribution in [0.15, 0.2) is 0 Å². The third-order valence-electron chi connectivity index (χ3n) is 2.14. The molecule has 1 rings (SSSR count). The van der Waals surface area contributed by atoms with Gasteiger partial charge in [0.05, 0.1) is 0 Å². The van der Waals surface area contributed by atoms with E-state index in [0.717, 1.165) is 18.3 Å². The van der Waals surface area contributed by atoms with Gasteiger partial charge in [-0.15, -0.1) is 0 Å². The fourth-order valence-electron chi connectivity index (χ4n) is 1.33. The third-order valence-corrected chi connectivity index (χ3v) is 2.14. The summed E-state index contributed by atoms with van der Waals surface area (Å²) in [5.74, 6) is 1.75. The van der Waals surface area contributed by atoms with Crippen LogP contribution >= 0.6 is 0 Å². The first-order chi connectivity index (χ1) is 5.20. The average Bonchev–Trinajstić information content (AvgIpc) is 1.97. The van der Waals surface area contributed by atoms with Crippen LogP contribution in [-0.4, -0.2) is 0 Å². The van der Waals surface area contributed by atoms with E-state index in [1.54, 1.807) is 0 Å². The van der Waals surface area contributed by atoms with Crippen molar-refractivity contribution in [3.63, 3.8) is 0 Å². The van der Waals surface area contributed by atoms with E-state index >= 15 is 0 Å². The van der Waals surface area contributed by atoms with Crippen molar-refractivity contribution in [2.75, 3.05) is 0 Å². The Hall–Kier alpha value is 0.584. The van der Waals surface area contributed by atoms with Crippen molar-refractivity contribution in [2.45, 2.75) is 46.0 Å². The molecule has 0 amide bonds. The second kappa shape index (κ2) is 9.67. The molecule has 1 fully saturated rings. The average molecular weight is 205 g/mol. The summed E-state index contributed by atoms with van der Waals surface area (Å²) < 4.78 is 0. The van der Waals surface area contributed by atoms with E-state index in [9.17, 15) is 0 Å². The fraction of sp³-hybridized carbons (Fsp3) is 0.818. The Morgan fingerprint density at radius 3 is 1.75 bits per heavy atom. The molecule has 0 N–H and O–H groups in total. The smallest absolute Gasteiger partial charge is 0.344 e. The molecular weight excluding hydrogens is 183 g/mol. The maximum atomic E-state index is 4.03. The number of hydrogen-bond donors (Lipinski definition) is 0. The van der Waals surface area contributed by atoms with E-state index in [-0.39, 0.29) is 18.6 Å². The zero-order chi connectivity index (χ0) is 8.69. The second-order valence-corrected chi connectivity index (χ2v) is 3.63. The minimum absolute atomic E-state index is 0. The predicted molar refractivity (Wildman–Crippen MR) is 52.1 cm³/mol. The SMILES string of the molecule is [CH2-]C1CCC(C)CC1.[CH2-]CC.[V+2]. The summed E-state index contributed by atoms with van der Waals surface area (Å²) in [5.41, 5.74) is 0. The molecule has 0 aromatic rings. The Kier molecular flexibility index (Phi) is 12.1. The summed E-state index contributed by atoms with van der Waals surface area (Å²) in [6.07, 6.45) is 6.55. The van der Waals surface area contributed by atoms with Crippen LogP contribution in [0.3, 0.4) is 0 Å². The zero-order valence-electron chi connectivity index (χ0n) is 8.55. The molecule has 1 heteroatoms. The van der Waals surface area contributed by atoms with Gasteiger partial charge in [-0.25, -0.2) is 0 Å². The van der Waals surface area contributed by atoms with Gasteiger partial charge in [0.1, 0.15) is 0 Å². The quantitative estimate of drug-likeness (QED) is 0.526. The van der Waals surface area contributed by atoms with E-state index in [2.05, 4.69) is 20.8 Å². The fourth-order valence-corrected chi connectivity index (χ4v) is 1.33. The van der Waals surface area contributed by atoms with Crippen LogP contribution in [0.1, 0.15) is 46.0 Å². The van der Waals surface area contributed by atoms with E-state index in [1.807, 2.05) is 6.92 Å². The molecule has 12 heavy (non-hydrogen) atoms. The molecule has 0 spiro atoms. The van der Waals surface area contributed by atoms with Crippen LogP contribution in [0.25, 0.3) is 0 Å². The third kappa shape index (κ3) is 8.68. The largest absolute Gasteiger partial charge is 2.00 e. The molecule has 1 saturated carbocycles. The van der Waals surface area contributed by atoms with Crippen molar-refractivity contribution < 1.29 is 18.6 Å². The first-order valence-electron chi connectivity index (χ1n) is 4.83. The summed E-state index contributed by atoms with van der Waals surface area (Å²) in [6, 6.07) is 0. The van der Waals surface area contributed by atoms with Crippen LogP contribution in [0.2, 0.25) is 0 Å². The maximum Gasteiger partial charge on any atom is 2.00 e. The van der Waals surface area contributed by atoms with Gasteiger partial charge in [0.25, 0.3) is 0 Å². The molecule has 0 aliphatic heterocycles. The topological polar surface area (TPSA) is 0 Å². The van der Waals surface area contributed by atoms with Crippen molar-refractivity contribution in [1.82, 2.24) is 0 Å². The van der Waals surface area contributed by atoms with Gasteiger partial charge in [-0.3, -0.25) is 0 Å². The van der Waals surface area contributed by atoms with Gasteiger partial charge >= 0.3 is 18.6 Å². The molecule has 0 aromatic carbocycles. The van der Waals surface area contributed by atoms with Crippen LogP contribution in [-0.2, 0) is 18.6 Å². The van der Waals surface area contributed by atoms with Crippen LogP contribution < -0.4 is 0 Å². The first kappa shape index (κ1) is 15.1. The van der Waals surface area contributed by atoms with Gasteiger partial charge in [-0.05, 0) is 5.92 Å². The molecule has 0 saturated heterocycles. The van der Waals surface area contributed by atoms with E-state index in [0.29, 0.717) is 0 Å². The molecule has 1 radical (unpaired) electrons. The van der Waals surface area contributed by atoms with Gasteiger partial charge in [0, 0.05) is 0 Å². The Morgan fingerprint density at radius 2 is 1.50 bits per heavy atom. The van der Waals surface area contributed by atoms with Crippen LogP contribution in [0.5, 0.6) is 0 Å². The standard InChI is InChI=1S/C8H15.C3H7.V/c1-7-3-5-8(2)6-4-7;1-3-2;/h7-8H,1,3-6H2,2H3;1,3H2,2H3;/q2*-1;+2. The van der Waals surface area contributed by atoms with Crippen molar-refractivity contribution in [3.05, 3.63) is 13.8 Å². The summed E-state index contributed by atoms with van der Waals surface area (Å²) in [7, 11) is 0. The van der Waals surface area contributed by atoms with Gasteiger partial charge in [0.15, 0.2) is 0 Å². The van der Waals surface area contributed by atoms with E-state index < -0.39 is 0 Å². The zero-order valence-corrected chi connectivity index (χ0v) is 9.95. The Balaban J connectivity index is 0. The van der Waals surface area contributed by atoms with Crippen LogP contribution in [0.4, 0.5) is 0 Å². The Labute approximate surface area is 90.4 Å². The molecule has 1 aliphatic carbocycles. The molecule has 0 atom stereocenters. The minimum atomic E-state index is 0. The van der Waals surface area contributed by atoms with Crippen molar-refractivity contribution >= 4 is 0 Å². The molecular formula is C11H22V. The maximum absolute atomic E-state index is 4.03. The van der Waals surface area contributed by atoms with Crippen molar-refractivity contribution in [3.8, 4) is 0 Å². The molecule has 0 bridgehead atoms. The van der Waals surface area contributed by atoms with E-state index in [1.165, 1.54) is 25.7 Å². The summed E-state index contributed by atoms with van der Waals surface area (Å²) in [5, 5.41) is 0. The summed E-state index contributed by atoms with van der Waals surface area (Å²) in [6.45, 7) is 11.9. The van der Waals surface area contributed by atoms with Gasteiger partial charge in [0.2, 0.25) is 0 Å². The molecule has 1 aliphatic rings. The Bertz CT molecular complexity index is 63.1. The minimum Gasteiger partial charge on any atom is -0.344 e. The first-order valence-corrected chi connectivity index (χ1v) is 4.83. The van der Waals surface area contributed by atoms with Gasteiger partial charge in [-0.2, -0.15) is 12.3 Å². The molecule has 71 valence electrons. The molecule has 0 heterocycles. The molecule has 0 unspecified atom stereocenters. The second-order valence-electron chi connectivity index (χ2n) is 3.63. The summed E-state index contributed by atoms with van der Waals surface area (Å²) in [4.78, 5) is 0. The summed E-state index contributed by atoms with van der Waals surface area (Å²) >= 11 is 0. The van der Waals surface area contributed by atoms with Crippen molar-refractivity contribution in [1.29, 1.82) is 0 Å². The number of hydrogen-bond acceptors (Lipinski definition) is 0. The van der Waals surface area contributed by atoms with Crippen LogP contribution in [0, 0.1) is 25.7 Å². The van der Waals surface area contributed by atoms with Crippen molar-refractivity contribution in [2.24, 2.45) is 11.8 Å². The monoisotopic (exact) mass is 205 g/mol. The Morgan fingerprint density at radius 1 is 1.17 bits per heavy atom. The molecule has 0 nitrogen and oxygen atoms in total. The normalized spacial score (nSPS) is 28.0. The number of rotatable bonds is 0. The predicted octanol–water partition coefficient (Wildman–Crippen LogP) is 3.87.